The molecule has 3 heteroatoms. The van der Waals surface area contributed by atoms with Gasteiger partial charge in [0.25, 0.3) is 5.91 Å². The molecule has 0 saturated carbocycles. The highest BCUT2D eigenvalue weighted by atomic mass is 79.9. The summed E-state index contributed by atoms with van der Waals surface area (Å²) in [6, 6.07) is 13.8. The Balaban J connectivity index is 2.09. The van der Waals surface area contributed by atoms with E-state index in [9.17, 15) is 4.79 Å². The fraction of sp³-hybridized carbons (Fsp3) is 0.312. The SMILES string of the molecule is CC(C)C(Br)CNC(=O)c1ccc2ccccc2c1. The van der Waals surface area contributed by atoms with Crippen LogP contribution in [0.25, 0.3) is 10.8 Å². The van der Waals surface area contributed by atoms with E-state index in [-0.39, 0.29) is 5.91 Å². The molecule has 2 aromatic rings. The number of amides is 1. The average molecular weight is 320 g/mol. The number of carbonyl (C=O) groups is 1. The van der Waals surface area contributed by atoms with Gasteiger partial charge in [0, 0.05) is 16.9 Å². The number of fused-ring (bicyclic) bond motifs is 1. The first-order chi connectivity index (χ1) is 9.08. The lowest BCUT2D eigenvalue weighted by atomic mass is 10.1. The molecule has 0 radical (unpaired) electrons. The summed E-state index contributed by atoms with van der Waals surface area (Å²) < 4.78 is 0. The molecule has 0 aliphatic carbocycles. The predicted molar refractivity (Wildman–Crippen MR) is 83.8 cm³/mol. The minimum absolute atomic E-state index is 0.0177. The Morgan fingerprint density at radius 3 is 2.53 bits per heavy atom. The van der Waals surface area contributed by atoms with Crippen LogP contribution in [0.4, 0.5) is 0 Å². The van der Waals surface area contributed by atoms with Crippen LogP contribution in [0.3, 0.4) is 0 Å². The van der Waals surface area contributed by atoms with Gasteiger partial charge in [-0.1, -0.05) is 60.1 Å². The van der Waals surface area contributed by atoms with Crippen molar-refractivity contribution in [2.75, 3.05) is 6.54 Å². The van der Waals surface area contributed by atoms with Gasteiger partial charge in [0.1, 0.15) is 0 Å². The highest BCUT2D eigenvalue weighted by Gasteiger charge is 2.12. The number of benzene rings is 2. The molecule has 1 amide bonds. The molecule has 0 spiro atoms. The van der Waals surface area contributed by atoms with Crippen molar-refractivity contribution in [3.8, 4) is 0 Å². The molecular formula is C16H18BrNO. The third-order valence-electron chi connectivity index (χ3n) is 3.19. The second-order valence-electron chi connectivity index (χ2n) is 5.03. The van der Waals surface area contributed by atoms with Gasteiger partial charge in [0.2, 0.25) is 0 Å². The summed E-state index contributed by atoms with van der Waals surface area (Å²) in [5.41, 5.74) is 0.710. The van der Waals surface area contributed by atoms with Gasteiger partial charge in [-0.15, -0.1) is 0 Å². The van der Waals surface area contributed by atoms with E-state index in [0.717, 1.165) is 10.8 Å². The first kappa shape index (κ1) is 14.1. The van der Waals surface area contributed by atoms with Gasteiger partial charge in [-0.25, -0.2) is 0 Å². The number of carbonyl (C=O) groups excluding carboxylic acids is 1. The van der Waals surface area contributed by atoms with E-state index in [2.05, 4.69) is 35.1 Å². The zero-order valence-corrected chi connectivity index (χ0v) is 12.8. The Morgan fingerprint density at radius 2 is 1.84 bits per heavy atom. The summed E-state index contributed by atoms with van der Waals surface area (Å²) in [5, 5.41) is 5.20. The molecule has 1 N–H and O–H groups in total. The van der Waals surface area contributed by atoms with Crippen LogP contribution in [0.5, 0.6) is 0 Å². The number of halogens is 1. The fourth-order valence-electron chi connectivity index (χ4n) is 1.86. The first-order valence-corrected chi connectivity index (χ1v) is 7.40. The molecule has 1 atom stereocenters. The van der Waals surface area contributed by atoms with Gasteiger partial charge in [-0.05, 0) is 28.8 Å². The van der Waals surface area contributed by atoms with E-state index in [1.807, 2.05) is 42.5 Å². The topological polar surface area (TPSA) is 29.1 Å². The van der Waals surface area contributed by atoms with Crippen molar-refractivity contribution in [1.82, 2.24) is 5.32 Å². The third kappa shape index (κ3) is 3.57. The van der Waals surface area contributed by atoms with Gasteiger partial charge in [-0.3, -0.25) is 4.79 Å². The summed E-state index contributed by atoms with van der Waals surface area (Å²) in [7, 11) is 0. The number of alkyl halides is 1. The van der Waals surface area contributed by atoms with Crippen molar-refractivity contribution < 1.29 is 4.79 Å². The summed E-state index contributed by atoms with van der Waals surface area (Å²) >= 11 is 3.57. The molecule has 0 aliphatic heterocycles. The van der Waals surface area contributed by atoms with Gasteiger partial charge in [0.15, 0.2) is 0 Å². The van der Waals surface area contributed by atoms with E-state index >= 15 is 0 Å². The average Bonchev–Trinajstić information content (AvgIpc) is 2.43. The van der Waals surface area contributed by atoms with Crippen LogP contribution < -0.4 is 5.32 Å². The minimum atomic E-state index is -0.0177. The van der Waals surface area contributed by atoms with Gasteiger partial charge < -0.3 is 5.32 Å². The van der Waals surface area contributed by atoms with Crippen molar-refractivity contribution in [3.05, 3.63) is 48.0 Å². The second kappa shape index (κ2) is 6.20. The van der Waals surface area contributed by atoms with E-state index in [1.165, 1.54) is 0 Å². The van der Waals surface area contributed by atoms with E-state index in [0.29, 0.717) is 22.9 Å². The van der Waals surface area contributed by atoms with Gasteiger partial charge in [-0.2, -0.15) is 0 Å². The molecule has 1 unspecified atom stereocenters. The van der Waals surface area contributed by atoms with Crippen molar-refractivity contribution in [1.29, 1.82) is 0 Å². The number of hydrogen-bond acceptors (Lipinski definition) is 1. The van der Waals surface area contributed by atoms with E-state index in [4.69, 9.17) is 0 Å². The Morgan fingerprint density at radius 1 is 1.16 bits per heavy atom. The standard InChI is InChI=1S/C16H18BrNO/c1-11(2)15(17)10-18-16(19)14-8-7-12-5-3-4-6-13(12)9-14/h3-9,11,15H,10H2,1-2H3,(H,18,19). The van der Waals surface area contributed by atoms with Crippen molar-refractivity contribution >= 4 is 32.6 Å². The van der Waals surface area contributed by atoms with Crippen LogP contribution in [0, 0.1) is 5.92 Å². The van der Waals surface area contributed by atoms with Gasteiger partial charge >= 0.3 is 0 Å². The summed E-state index contributed by atoms with van der Waals surface area (Å²) in [4.78, 5) is 12.4. The van der Waals surface area contributed by atoms with Crippen molar-refractivity contribution in [2.45, 2.75) is 18.7 Å². The molecule has 0 aromatic heterocycles. The molecule has 0 saturated heterocycles. The smallest absolute Gasteiger partial charge is 0.251 e. The molecule has 0 bridgehead atoms. The maximum Gasteiger partial charge on any atom is 0.251 e. The monoisotopic (exact) mass is 319 g/mol. The Hall–Kier alpha value is -1.35. The maximum absolute atomic E-state index is 12.1. The van der Waals surface area contributed by atoms with Gasteiger partial charge in [0.05, 0.1) is 0 Å². The largest absolute Gasteiger partial charge is 0.351 e. The zero-order chi connectivity index (χ0) is 13.8. The van der Waals surface area contributed by atoms with Crippen LogP contribution in [0.1, 0.15) is 24.2 Å². The Labute approximate surface area is 122 Å². The fourth-order valence-corrected chi connectivity index (χ4v) is 2.02. The Kier molecular flexibility index (Phi) is 4.59. The maximum atomic E-state index is 12.1. The molecular weight excluding hydrogens is 302 g/mol. The lowest BCUT2D eigenvalue weighted by Crippen LogP contribution is -2.31. The molecule has 100 valence electrons. The lowest BCUT2D eigenvalue weighted by molar-refractivity contribution is 0.0953. The summed E-state index contributed by atoms with van der Waals surface area (Å²) in [6.07, 6.45) is 0. The Bertz CT molecular complexity index is 580. The van der Waals surface area contributed by atoms with E-state index < -0.39 is 0 Å². The highest BCUT2D eigenvalue weighted by Crippen LogP contribution is 2.16. The summed E-state index contributed by atoms with van der Waals surface area (Å²) in [6.45, 7) is 4.90. The van der Waals surface area contributed by atoms with Crippen LogP contribution in [-0.2, 0) is 0 Å². The van der Waals surface area contributed by atoms with Crippen LogP contribution in [-0.4, -0.2) is 17.3 Å². The normalized spacial score (nSPS) is 12.6. The molecule has 0 heterocycles. The molecule has 0 aliphatic rings. The second-order valence-corrected chi connectivity index (χ2v) is 6.21. The minimum Gasteiger partial charge on any atom is -0.351 e. The number of nitrogens with one attached hydrogen (secondary N) is 1. The lowest BCUT2D eigenvalue weighted by Gasteiger charge is -2.14. The molecule has 19 heavy (non-hydrogen) atoms. The van der Waals surface area contributed by atoms with Crippen LogP contribution >= 0.6 is 15.9 Å². The summed E-state index contributed by atoms with van der Waals surface area (Å²) in [5.74, 6) is 0.479. The highest BCUT2D eigenvalue weighted by molar-refractivity contribution is 9.09. The molecule has 2 nitrogen and oxygen atoms in total. The quantitative estimate of drug-likeness (QED) is 0.848. The zero-order valence-electron chi connectivity index (χ0n) is 11.2. The van der Waals surface area contributed by atoms with Crippen molar-refractivity contribution in [3.63, 3.8) is 0 Å². The first-order valence-electron chi connectivity index (χ1n) is 6.49. The number of rotatable bonds is 4. The molecule has 0 fully saturated rings. The van der Waals surface area contributed by atoms with E-state index in [1.54, 1.807) is 0 Å². The predicted octanol–water partition coefficient (Wildman–Crippen LogP) is 3.99. The van der Waals surface area contributed by atoms with Crippen LogP contribution in [0.2, 0.25) is 0 Å². The van der Waals surface area contributed by atoms with Crippen LogP contribution in [0.15, 0.2) is 42.5 Å². The van der Waals surface area contributed by atoms with Crippen molar-refractivity contribution in [2.24, 2.45) is 5.92 Å². The molecule has 2 aromatic carbocycles. The molecule has 2 rings (SSSR count). The number of hydrogen-bond donors (Lipinski definition) is 1. The third-order valence-corrected chi connectivity index (χ3v) is 4.57.